The van der Waals surface area contributed by atoms with Crippen molar-refractivity contribution in [1.82, 2.24) is 9.97 Å². The highest BCUT2D eigenvalue weighted by Crippen LogP contribution is 2.42. The number of hydrogen-bond donors (Lipinski definition) is 0. The fourth-order valence-corrected chi connectivity index (χ4v) is 7.88. The van der Waals surface area contributed by atoms with Crippen molar-refractivity contribution in [2.45, 2.75) is 0 Å². The van der Waals surface area contributed by atoms with Gasteiger partial charge >= 0.3 is 0 Å². The average molecular weight is 713 g/mol. The Balaban J connectivity index is 1.14. The van der Waals surface area contributed by atoms with Crippen LogP contribution in [0.15, 0.2) is 218 Å². The molecule has 0 radical (unpaired) electrons. The lowest BCUT2D eigenvalue weighted by Gasteiger charge is -2.16. The predicted octanol–water partition coefficient (Wildman–Crippen LogP) is 14.5. The van der Waals surface area contributed by atoms with Crippen LogP contribution in [-0.4, -0.2) is 9.97 Å². The first-order valence-corrected chi connectivity index (χ1v) is 19.1. The summed E-state index contributed by atoms with van der Waals surface area (Å²) >= 11 is 0. The van der Waals surface area contributed by atoms with Gasteiger partial charge in [-0.1, -0.05) is 188 Å². The minimum absolute atomic E-state index is 0.939. The zero-order valence-corrected chi connectivity index (χ0v) is 30.7. The van der Waals surface area contributed by atoms with Crippen molar-refractivity contribution in [3.63, 3.8) is 0 Å². The fraction of sp³-hybridized carbons (Fsp3) is 0. The number of nitrogens with zero attached hydrogens (tertiary/aromatic N) is 2. The van der Waals surface area contributed by atoms with Gasteiger partial charge in [0.25, 0.3) is 0 Å². The molecule has 2 heteroatoms. The molecule has 8 aromatic carbocycles. The summed E-state index contributed by atoms with van der Waals surface area (Å²) in [5, 5.41) is 3.55. The lowest BCUT2D eigenvalue weighted by atomic mass is 9.89. The number of pyridine rings is 2. The zero-order chi connectivity index (χ0) is 37.3. The number of fused-ring (bicyclic) bond motifs is 3. The first-order valence-electron chi connectivity index (χ1n) is 19.1. The highest BCUT2D eigenvalue weighted by atomic mass is 14.7. The first-order chi connectivity index (χ1) is 27.7. The van der Waals surface area contributed by atoms with Crippen LogP contribution >= 0.6 is 0 Å². The van der Waals surface area contributed by atoms with Crippen molar-refractivity contribution in [3.05, 3.63) is 218 Å². The van der Waals surface area contributed by atoms with E-state index in [1.54, 1.807) is 0 Å². The van der Waals surface area contributed by atoms with Crippen molar-refractivity contribution >= 4 is 21.7 Å². The number of hydrogen-bond acceptors (Lipinski definition) is 2. The Labute approximate surface area is 327 Å². The molecular weight excluding hydrogens is 677 g/mol. The van der Waals surface area contributed by atoms with Crippen LogP contribution in [0.5, 0.6) is 0 Å². The molecule has 2 aromatic heterocycles. The molecular formula is C54H36N2. The fourth-order valence-electron chi connectivity index (χ4n) is 7.88. The van der Waals surface area contributed by atoms with Gasteiger partial charge in [0.2, 0.25) is 0 Å². The van der Waals surface area contributed by atoms with E-state index in [9.17, 15) is 0 Å². The summed E-state index contributed by atoms with van der Waals surface area (Å²) in [5.41, 5.74) is 16.4. The van der Waals surface area contributed by atoms with E-state index in [1.807, 2.05) is 6.07 Å². The lowest BCUT2D eigenvalue weighted by molar-refractivity contribution is 1.32. The van der Waals surface area contributed by atoms with Gasteiger partial charge in [-0.05, 0) is 85.6 Å². The monoisotopic (exact) mass is 712 g/mol. The molecule has 0 amide bonds. The topological polar surface area (TPSA) is 25.8 Å². The van der Waals surface area contributed by atoms with Crippen molar-refractivity contribution in [3.8, 4) is 78.3 Å². The van der Waals surface area contributed by atoms with Crippen LogP contribution in [-0.2, 0) is 0 Å². The molecule has 0 atom stereocenters. The Morgan fingerprint density at radius 2 is 0.679 bits per heavy atom. The van der Waals surface area contributed by atoms with Gasteiger partial charge in [-0.25, -0.2) is 9.97 Å². The van der Waals surface area contributed by atoms with E-state index in [1.165, 1.54) is 33.0 Å². The van der Waals surface area contributed by atoms with E-state index in [0.717, 1.165) is 66.9 Å². The Morgan fingerprint density at radius 1 is 0.232 bits per heavy atom. The predicted molar refractivity (Wildman–Crippen MR) is 235 cm³/mol. The third-order valence-electron chi connectivity index (χ3n) is 10.7. The van der Waals surface area contributed by atoms with Gasteiger partial charge < -0.3 is 0 Å². The molecule has 0 aliphatic heterocycles. The van der Waals surface area contributed by atoms with Crippen LogP contribution < -0.4 is 0 Å². The van der Waals surface area contributed by atoms with E-state index in [0.29, 0.717) is 0 Å². The summed E-state index contributed by atoms with van der Waals surface area (Å²) in [6, 6.07) is 77.5. The van der Waals surface area contributed by atoms with Crippen LogP contribution in [0.4, 0.5) is 0 Å². The smallest absolute Gasteiger partial charge is 0.0728 e. The Morgan fingerprint density at radius 3 is 1.30 bits per heavy atom. The molecule has 0 N–H and O–H groups in total. The standard InChI is InChI=1S/C54H36N2/c1-5-16-37(17-6-1)38-28-30-42(31-29-38)51-34-45(33-50(55-51)40-20-9-3-10-21-40)43-24-15-25-44(32-43)48-35-53-54(47-27-14-13-26-46(47)48)49(39-18-7-2-8-19-39)36-52(56-53)41-22-11-4-12-23-41/h1-36H. The van der Waals surface area contributed by atoms with E-state index in [2.05, 4.69) is 212 Å². The average Bonchev–Trinajstić information content (AvgIpc) is 3.29. The van der Waals surface area contributed by atoms with E-state index < -0.39 is 0 Å². The van der Waals surface area contributed by atoms with Gasteiger partial charge in [-0.3, -0.25) is 0 Å². The molecule has 262 valence electrons. The van der Waals surface area contributed by atoms with Gasteiger partial charge in [-0.15, -0.1) is 0 Å². The minimum atomic E-state index is 0.939. The molecule has 0 spiro atoms. The van der Waals surface area contributed by atoms with Gasteiger partial charge in [0.15, 0.2) is 0 Å². The van der Waals surface area contributed by atoms with E-state index in [-0.39, 0.29) is 0 Å². The summed E-state index contributed by atoms with van der Waals surface area (Å²) in [4.78, 5) is 10.6. The van der Waals surface area contributed by atoms with Gasteiger partial charge in [0.1, 0.15) is 0 Å². The molecule has 0 saturated carbocycles. The highest BCUT2D eigenvalue weighted by Gasteiger charge is 2.17. The number of rotatable bonds is 7. The molecule has 0 saturated heterocycles. The molecule has 0 aliphatic rings. The maximum absolute atomic E-state index is 5.36. The van der Waals surface area contributed by atoms with Gasteiger partial charge in [-0.2, -0.15) is 0 Å². The number of benzene rings is 8. The molecule has 10 aromatic rings. The highest BCUT2D eigenvalue weighted by molar-refractivity contribution is 6.18. The Bertz CT molecular complexity index is 2970. The second-order valence-electron chi connectivity index (χ2n) is 14.2. The van der Waals surface area contributed by atoms with E-state index >= 15 is 0 Å². The Hall–Kier alpha value is -7.42. The minimum Gasteiger partial charge on any atom is -0.248 e. The zero-order valence-electron chi connectivity index (χ0n) is 30.7. The maximum Gasteiger partial charge on any atom is 0.0728 e. The van der Waals surface area contributed by atoms with Crippen LogP contribution in [0.3, 0.4) is 0 Å². The molecule has 0 unspecified atom stereocenters. The van der Waals surface area contributed by atoms with Crippen molar-refractivity contribution in [1.29, 1.82) is 0 Å². The largest absolute Gasteiger partial charge is 0.248 e. The van der Waals surface area contributed by atoms with Crippen molar-refractivity contribution < 1.29 is 0 Å². The lowest BCUT2D eigenvalue weighted by Crippen LogP contribution is -1.94. The number of aromatic nitrogens is 2. The van der Waals surface area contributed by atoms with Crippen LogP contribution in [0.1, 0.15) is 0 Å². The molecule has 0 fully saturated rings. The SMILES string of the molecule is c1ccc(-c2ccc(-c3cc(-c4cccc(-c5cc6nc(-c7ccccc7)cc(-c7ccccc7)c6c6ccccc56)c4)cc(-c4ccccc4)n3)cc2)cc1. The summed E-state index contributed by atoms with van der Waals surface area (Å²) in [6.45, 7) is 0. The third kappa shape index (κ3) is 6.34. The maximum atomic E-state index is 5.36. The van der Waals surface area contributed by atoms with E-state index in [4.69, 9.17) is 9.97 Å². The van der Waals surface area contributed by atoms with Crippen molar-refractivity contribution in [2.24, 2.45) is 0 Å². The summed E-state index contributed by atoms with van der Waals surface area (Å²) < 4.78 is 0. The first kappa shape index (κ1) is 33.2. The molecule has 0 aliphatic carbocycles. The van der Waals surface area contributed by atoms with Gasteiger partial charge in [0.05, 0.1) is 22.6 Å². The molecule has 2 nitrogen and oxygen atoms in total. The second kappa shape index (κ2) is 14.4. The normalized spacial score (nSPS) is 11.2. The molecule has 56 heavy (non-hydrogen) atoms. The van der Waals surface area contributed by atoms with Gasteiger partial charge in [0, 0.05) is 22.1 Å². The summed E-state index contributed by atoms with van der Waals surface area (Å²) in [5.74, 6) is 0. The third-order valence-corrected chi connectivity index (χ3v) is 10.7. The van der Waals surface area contributed by atoms with Crippen LogP contribution in [0.2, 0.25) is 0 Å². The molecule has 2 heterocycles. The second-order valence-corrected chi connectivity index (χ2v) is 14.2. The van der Waals surface area contributed by atoms with Crippen LogP contribution in [0, 0.1) is 0 Å². The summed E-state index contributed by atoms with van der Waals surface area (Å²) in [7, 11) is 0. The Kier molecular flexibility index (Phi) is 8.55. The molecule has 10 rings (SSSR count). The van der Waals surface area contributed by atoms with Crippen LogP contribution in [0.25, 0.3) is 100.0 Å². The van der Waals surface area contributed by atoms with Crippen molar-refractivity contribution in [2.75, 3.05) is 0 Å². The quantitative estimate of drug-likeness (QED) is 0.154. The summed E-state index contributed by atoms with van der Waals surface area (Å²) in [6.07, 6.45) is 0. The molecule has 0 bridgehead atoms.